The Hall–Kier alpha value is -1.11. The van der Waals surface area contributed by atoms with Crippen molar-refractivity contribution < 1.29 is 4.79 Å². The number of allylic oxidation sites excluding steroid dienone is 5. The third-order valence-corrected chi connectivity index (χ3v) is 4.27. The standard InChI is InChI=1S/C15H20O/c1-10(2)12-5-7-15(4)8-6-14(16)11(3)13(15)9-12/h6,8,12H,1,5,7,9H2,2-4H3/t12-,15+/m1/s1. The molecule has 0 aliphatic heterocycles. The third-order valence-electron chi connectivity index (χ3n) is 4.27. The summed E-state index contributed by atoms with van der Waals surface area (Å²) in [5.74, 6) is 0.757. The molecule has 0 unspecified atom stereocenters. The molecule has 2 rings (SSSR count). The molecule has 0 aromatic carbocycles. The average Bonchev–Trinajstić information content (AvgIpc) is 2.24. The van der Waals surface area contributed by atoms with Gasteiger partial charge in [-0.3, -0.25) is 4.79 Å². The van der Waals surface area contributed by atoms with Gasteiger partial charge in [0, 0.05) is 5.41 Å². The van der Waals surface area contributed by atoms with Crippen LogP contribution in [-0.2, 0) is 4.79 Å². The van der Waals surface area contributed by atoms with Gasteiger partial charge in [0.05, 0.1) is 0 Å². The van der Waals surface area contributed by atoms with Crippen molar-refractivity contribution in [1.29, 1.82) is 0 Å². The lowest BCUT2D eigenvalue weighted by molar-refractivity contribution is -0.111. The highest BCUT2D eigenvalue weighted by atomic mass is 16.1. The first kappa shape index (κ1) is 11.4. The summed E-state index contributed by atoms with van der Waals surface area (Å²) in [5, 5.41) is 0. The van der Waals surface area contributed by atoms with Gasteiger partial charge < -0.3 is 0 Å². The molecule has 0 amide bonds. The van der Waals surface area contributed by atoms with Crippen LogP contribution in [0.4, 0.5) is 0 Å². The smallest absolute Gasteiger partial charge is 0.181 e. The van der Waals surface area contributed by atoms with E-state index < -0.39 is 0 Å². The molecule has 0 heterocycles. The molecule has 0 N–H and O–H groups in total. The zero-order valence-corrected chi connectivity index (χ0v) is 10.5. The van der Waals surface area contributed by atoms with E-state index in [-0.39, 0.29) is 11.2 Å². The van der Waals surface area contributed by atoms with Gasteiger partial charge in [-0.05, 0) is 50.7 Å². The molecule has 0 spiro atoms. The monoisotopic (exact) mass is 216 g/mol. The van der Waals surface area contributed by atoms with Crippen LogP contribution in [0.1, 0.15) is 40.0 Å². The highest BCUT2D eigenvalue weighted by Crippen LogP contribution is 2.48. The number of hydrogen-bond donors (Lipinski definition) is 0. The highest BCUT2D eigenvalue weighted by Gasteiger charge is 2.37. The molecule has 16 heavy (non-hydrogen) atoms. The molecular formula is C15H20O. The SMILES string of the molecule is C=C(C)[C@@H]1CC[C@@]2(C)C=CC(=O)C(C)=C2C1. The zero-order chi connectivity index (χ0) is 11.9. The van der Waals surface area contributed by atoms with Crippen LogP contribution < -0.4 is 0 Å². The first-order valence-electron chi connectivity index (χ1n) is 6.03. The molecule has 0 aromatic rings. The van der Waals surface area contributed by atoms with Gasteiger partial charge in [0.15, 0.2) is 5.78 Å². The number of ketones is 1. The molecule has 2 atom stereocenters. The van der Waals surface area contributed by atoms with Gasteiger partial charge >= 0.3 is 0 Å². The maximum absolute atomic E-state index is 11.7. The summed E-state index contributed by atoms with van der Waals surface area (Å²) >= 11 is 0. The Morgan fingerprint density at radius 2 is 2.25 bits per heavy atom. The summed E-state index contributed by atoms with van der Waals surface area (Å²) in [6, 6.07) is 0. The lowest BCUT2D eigenvalue weighted by Gasteiger charge is -2.41. The molecule has 0 saturated heterocycles. The average molecular weight is 216 g/mol. The molecule has 1 fully saturated rings. The summed E-state index contributed by atoms with van der Waals surface area (Å²) in [5.41, 5.74) is 3.70. The van der Waals surface area contributed by atoms with Gasteiger partial charge in [0.25, 0.3) is 0 Å². The summed E-state index contributed by atoms with van der Waals surface area (Å²) < 4.78 is 0. The Kier molecular flexibility index (Phi) is 2.65. The van der Waals surface area contributed by atoms with E-state index in [9.17, 15) is 4.79 Å². The fourth-order valence-electron chi connectivity index (χ4n) is 2.93. The predicted octanol–water partition coefficient (Wildman–Crippen LogP) is 3.82. The van der Waals surface area contributed by atoms with Crippen LogP contribution in [0.5, 0.6) is 0 Å². The maximum atomic E-state index is 11.7. The van der Waals surface area contributed by atoms with Crippen molar-refractivity contribution in [2.24, 2.45) is 11.3 Å². The Balaban J connectivity index is 2.37. The third kappa shape index (κ3) is 1.68. The Morgan fingerprint density at radius 1 is 1.56 bits per heavy atom. The fourth-order valence-corrected chi connectivity index (χ4v) is 2.93. The number of carbonyl (C=O) groups is 1. The van der Waals surface area contributed by atoms with Crippen molar-refractivity contribution in [3.63, 3.8) is 0 Å². The van der Waals surface area contributed by atoms with E-state index in [1.54, 1.807) is 6.08 Å². The number of fused-ring (bicyclic) bond motifs is 1. The van der Waals surface area contributed by atoms with Gasteiger partial charge in [-0.25, -0.2) is 0 Å². The van der Waals surface area contributed by atoms with Crippen LogP contribution in [0.3, 0.4) is 0 Å². The van der Waals surface area contributed by atoms with E-state index in [4.69, 9.17) is 0 Å². The lowest BCUT2D eigenvalue weighted by atomic mass is 9.63. The van der Waals surface area contributed by atoms with Crippen LogP contribution >= 0.6 is 0 Å². The summed E-state index contributed by atoms with van der Waals surface area (Å²) in [7, 11) is 0. The summed E-state index contributed by atoms with van der Waals surface area (Å²) in [6.07, 6.45) is 7.21. The summed E-state index contributed by atoms with van der Waals surface area (Å²) in [4.78, 5) is 11.7. The largest absolute Gasteiger partial charge is 0.290 e. The first-order valence-corrected chi connectivity index (χ1v) is 6.03. The van der Waals surface area contributed by atoms with E-state index >= 15 is 0 Å². The molecule has 2 aliphatic carbocycles. The second-order valence-corrected chi connectivity index (χ2v) is 5.50. The van der Waals surface area contributed by atoms with Crippen molar-refractivity contribution in [3.8, 4) is 0 Å². The maximum Gasteiger partial charge on any atom is 0.181 e. The molecular weight excluding hydrogens is 196 g/mol. The molecule has 0 bridgehead atoms. The lowest BCUT2D eigenvalue weighted by Crippen LogP contribution is -2.30. The van der Waals surface area contributed by atoms with Gasteiger partial charge in [0.2, 0.25) is 0 Å². The van der Waals surface area contributed by atoms with Crippen molar-refractivity contribution in [1.82, 2.24) is 0 Å². The van der Waals surface area contributed by atoms with E-state index in [2.05, 4.69) is 26.5 Å². The van der Waals surface area contributed by atoms with Crippen molar-refractivity contribution >= 4 is 5.78 Å². The molecule has 86 valence electrons. The Bertz CT molecular complexity index is 411. The van der Waals surface area contributed by atoms with Crippen LogP contribution in [0.25, 0.3) is 0 Å². The normalized spacial score (nSPS) is 33.9. The van der Waals surface area contributed by atoms with Crippen molar-refractivity contribution in [2.75, 3.05) is 0 Å². The van der Waals surface area contributed by atoms with E-state index in [1.807, 2.05) is 6.92 Å². The van der Waals surface area contributed by atoms with Crippen LogP contribution in [0.15, 0.2) is 35.5 Å². The zero-order valence-electron chi connectivity index (χ0n) is 10.5. The van der Waals surface area contributed by atoms with Gasteiger partial charge in [-0.2, -0.15) is 0 Å². The van der Waals surface area contributed by atoms with Gasteiger partial charge in [0.1, 0.15) is 0 Å². The minimum atomic E-state index is 0.129. The molecule has 0 radical (unpaired) electrons. The van der Waals surface area contributed by atoms with E-state index in [1.165, 1.54) is 17.6 Å². The van der Waals surface area contributed by atoms with E-state index in [0.717, 1.165) is 18.4 Å². The first-order chi connectivity index (χ1) is 7.44. The minimum absolute atomic E-state index is 0.129. The molecule has 1 saturated carbocycles. The Labute approximate surface area is 97.9 Å². The molecule has 1 nitrogen and oxygen atoms in total. The van der Waals surface area contributed by atoms with Crippen molar-refractivity contribution in [2.45, 2.75) is 40.0 Å². The Morgan fingerprint density at radius 3 is 2.88 bits per heavy atom. The number of hydrogen-bond acceptors (Lipinski definition) is 1. The van der Waals surface area contributed by atoms with E-state index in [0.29, 0.717) is 5.92 Å². The van der Waals surface area contributed by atoms with Gasteiger partial charge in [-0.1, -0.05) is 30.7 Å². The van der Waals surface area contributed by atoms with Crippen LogP contribution in [-0.4, -0.2) is 5.78 Å². The van der Waals surface area contributed by atoms with Crippen molar-refractivity contribution in [3.05, 3.63) is 35.5 Å². The molecule has 0 aromatic heterocycles. The number of carbonyl (C=O) groups excluding carboxylic acids is 1. The number of rotatable bonds is 1. The topological polar surface area (TPSA) is 17.1 Å². The quantitative estimate of drug-likeness (QED) is 0.609. The molecule has 2 aliphatic rings. The predicted molar refractivity (Wildman–Crippen MR) is 67.1 cm³/mol. The van der Waals surface area contributed by atoms with Gasteiger partial charge in [-0.15, -0.1) is 0 Å². The minimum Gasteiger partial charge on any atom is -0.290 e. The van der Waals surface area contributed by atoms with Crippen LogP contribution in [0.2, 0.25) is 0 Å². The summed E-state index contributed by atoms with van der Waals surface area (Å²) in [6.45, 7) is 10.4. The second-order valence-electron chi connectivity index (χ2n) is 5.50. The molecule has 1 heteroatoms. The van der Waals surface area contributed by atoms with Crippen LogP contribution in [0, 0.1) is 11.3 Å². The fraction of sp³-hybridized carbons (Fsp3) is 0.533. The second kappa shape index (κ2) is 3.73. The highest BCUT2D eigenvalue weighted by molar-refractivity contribution is 6.05.